The number of benzene rings is 1. The van der Waals surface area contributed by atoms with Gasteiger partial charge >= 0.3 is 5.97 Å². The molecule has 1 aromatic heterocycles. The molecule has 0 atom stereocenters. The third kappa shape index (κ3) is 2.93. The van der Waals surface area contributed by atoms with Crippen LogP contribution in [0, 0.1) is 11.6 Å². The van der Waals surface area contributed by atoms with Crippen molar-refractivity contribution in [3.63, 3.8) is 0 Å². The third-order valence-electron chi connectivity index (χ3n) is 2.56. The van der Waals surface area contributed by atoms with Crippen molar-refractivity contribution in [2.24, 2.45) is 7.05 Å². The molecule has 0 unspecified atom stereocenters. The lowest BCUT2D eigenvalue weighted by molar-refractivity contribution is 0.0696. The monoisotopic (exact) mass is 284 g/mol. The average Bonchev–Trinajstić information content (AvgIpc) is 2.72. The van der Waals surface area contributed by atoms with E-state index in [9.17, 15) is 13.6 Å². The summed E-state index contributed by atoms with van der Waals surface area (Å²) in [6.07, 6.45) is 1.27. The van der Waals surface area contributed by atoms with E-state index in [0.717, 1.165) is 12.1 Å². The molecule has 2 rings (SSSR count). The highest BCUT2D eigenvalue weighted by Crippen LogP contribution is 2.25. The van der Waals surface area contributed by atoms with E-state index >= 15 is 0 Å². The Bertz CT molecular complexity index is 628. The van der Waals surface area contributed by atoms with Crippen LogP contribution >= 0.6 is 11.8 Å². The summed E-state index contributed by atoms with van der Waals surface area (Å²) in [5, 5.41) is 12.9. The second-order valence-electron chi connectivity index (χ2n) is 3.80. The zero-order valence-electron chi connectivity index (χ0n) is 9.93. The molecule has 0 radical (unpaired) electrons. The molecular formula is C12H10F2N2O2S. The molecule has 0 saturated heterocycles. The molecule has 0 bridgehead atoms. The average molecular weight is 284 g/mol. The molecule has 7 heteroatoms. The summed E-state index contributed by atoms with van der Waals surface area (Å²) in [6.45, 7) is 0. The maximum absolute atomic E-state index is 13.0. The summed E-state index contributed by atoms with van der Waals surface area (Å²) in [6, 6.07) is 3.57. The van der Waals surface area contributed by atoms with E-state index < -0.39 is 17.6 Å². The molecule has 100 valence electrons. The van der Waals surface area contributed by atoms with Gasteiger partial charge in [0.1, 0.15) is 5.56 Å². The molecular weight excluding hydrogens is 274 g/mol. The summed E-state index contributed by atoms with van der Waals surface area (Å²) in [7, 11) is 1.63. The fourth-order valence-electron chi connectivity index (χ4n) is 1.53. The zero-order valence-corrected chi connectivity index (χ0v) is 10.7. The molecule has 2 aromatic rings. The Morgan fingerprint density at radius 1 is 1.42 bits per heavy atom. The number of aromatic carboxylic acids is 1. The maximum Gasteiger partial charge on any atom is 0.339 e. The normalized spacial score (nSPS) is 10.7. The molecule has 0 spiro atoms. The van der Waals surface area contributed by atoms with Crippen molar-refractivity contribution in [2.45, 2.75) is 10.6 Å². The van der Waals surface area contributed by atoms with Crippen molar-refractivity contribution >= 4 is 17.7 Å². The van der Waals surface area contributed by atoms with Crippen LogP contribution in [0.2, 0.25) is 0 Å². The Labute approximate surface area is 112 Å². The second kappa shape index (κ2) is 5.40. The Morgan fingerprint density at radius 2 is 2.16 bits per heavy atom. The summed E-state index contributed by atoms with van der Waals surface area (Å²) in [4.78, 5) is 11.5. The molecule has 0 amide bonds. The molecule has 0 aliphatic carbocycles. The first-order chi connectivity index (χ1) is 8.99. The second-order valence-corrected chi connectivity index (χ2v) is 4.85. The van der Waals surface area contributed by atoms with E-state index in [4.69, 9.17) is 5.11 Å². The van der Waals surface area contributed by atoms with Gasteiger partial charge in [-0.3, -0.25) is 4.68 Å². The van der Waals surface area contributed by atoms with Gasteiger partial charge in [-0.15, -0.1) is 11.8 Å². The highest BCUT2D eigenvalue weighted by Gasteiger charge is 2.15. The number of hydrogen-bond donors (Lipinski definition) is 1. The van der Waals surface area contributed by atoms with Gasteiger partial charge in [0.2, 0.25) is 0 Å². The van der Waals surface area contributed by atoms with Gasteiger partial charge in [0.05, 0.1) is 11.9 Å². The minimum absolute atomic E-state index is 0.109. The number of rotatable bonds is 4. The molecule has 0 aliphatic rings. The summed E-state index contributed by atoms with van der Waals surface area (Å²) >= 11 is 1.22. The van der Waals surface area contributed by atoms with E-state index in [1.165, 1.54) is 28.7 Å². The van der Waals surface area contributed by atoms with E-state index in [2.05, 4.69) is 5.10 Å². The van der Waals surface area contributed by atoms with Gasteiger partial charge in [-0.1, -0.05) is 0 Å². The number of halogens is 2. The predicted octanol–water partition coefficient (Wildman–Crippen LogP) is 2.69. The third-order valence-corrected chi connectivity index (χ3v) is 3.56. The van der Waals surface area contributed by atoms with Gasteiger partial charge in [-0.05, 0) is 18.2 Å². The van der Waals surface area contributed by atoms with Crippen LogP contribution in [0.25, 0.3) is 0 Å². The molecule has 19 heavy (non-hydrogen) atoms. The quantitative estimate of drug-likeness (QED) is 0.877. The van der Waals surface area contributed by atoms with Crippen LogP contribution in [0.3, 0.4) is 0 Å². The van der Waals surface area contributed by atoms with Gasteiger partial charge in [0.25, 0.3) is 0 Å². The zero-order chi connectivity index (χ0) is 14.0. The first-order valence-electron chi connectivity index (χ1n) is 5.31. The number of thioether (sulfide) groups is 1. The van der Waals surface area contributed by atoms with Crippen LogP contribution in [0.15, 0.2) is 29.3 Å². The van der Waals surface area contributed by atoms with Crippen molar-refractivity contribution in [1.29, 1.82) is 0 Å². The lowest BCUT2D eigenvalue weighted by atomic mass is 10.3. The van der Waals surface area contributed by atoms with Gasteiger partial charge in [0, 0.05) is 17.7 Å². The fourth-order valence-corrected chi connectivity index (χ4v) is 2.53. The SMILES string of the molecule is Cn1ncc(C(=O)O)c1CSc1ccc(F)c(F)c1. The fraction of sp³-hybridized carbons (Fsp3) is 0.167. The van der Waals surface area contributed by atoms with Gasteiger partial charge < -0.3 is 5.11 Å². The number of carboxylic acids is 1. The van der Waals surface area contributed by atoms with E-state index in [0.29, 0.717) is 16.3 Å². The molecule has 1 aromatic carbocycles. The van der Waals surface area contributed by atoms with Crippen molar-refractivity contribution in [2.75, 3.05) is 0 Å². The minimum atomic E-state index is -1.06. The van der Waals surface area contributed by atoms with Crippen LogP contribution in [0.4, 0.5) is 8.78 Å². The van der Waals surface area contributed by atoms with Crippen molar-refractivity contribution in [3.8, 4) is 0 Å². The number of hydrogen-bond acceptors (Lipinski definition) is 3. The molecule has 4 nitrogen and oxygen atoms in total. The lowest BCUT2D eigenvalue weighted by Crippen LogP contribution is -2.03. The van der Waals surface area contributed by atoms with Gasteiger partial charge in [-0.25, -0.2) is 13.6 Å². The molecule has 0 aliphatic heterocycles. The number of aromatic nitrogens is 2. The van der Waals surface area contributed by atoms with Crippen molar-refractivity contribution in [3.05, 3.63) is 47.3 Å². The van der Waals surface area contributed by atoms with Crippen LogP contribution in [0.1, 0.15) is 16.1 Å². The Hall–Kier alpha value is -1.89. The van der Waals surface area contributed by atoms with Gasteiger partial charge in [-0.2, -0.15) is 5.10 Å². The Balaban J connectivity index is 2.16. The van der Waals surface area contributed by atoms with Crippen LogP contribution in [0.5, 0.6) is 0 Å². The van der Waals surface area contributed by atoms with E-state index in [-0.39, 0.29) is 5.56 Å². The number of nitrogens with zero attached hydrogens (tertiary/aromatic N) is 2. The highest BCUT2D eigenvalue weighted by molar-refractivity contribution is 7.98. The topological polar surface area (TPSA) is 55.1 Å². The number of carbonyl (C=O) groups is 1. The number of carboxylic acid groups (broad SMARTS) is 1. The number of aryl methyl sites for hydroxylation is 1. The smallest absolute Gasteiger partial charge is 0.339 e. The lowest BCUT2D eigenvalue weighted by Gasteiger charge is -2.04. The van der Waals surface area contributed by atoms with E-state index in [1.54, 1.807) is 7.05 Å². The van der Waals surface area contributed by atoms with Crippen LogP contribution in [-0.4, -0.2) is 20.9 Å². The summed E-state index contributed by atoms with van der Waals surface area (Å²) in [5.74, 6) is -2.58. The standard InChI is InChI=1S/C12H10F2N2O2S/c1-16-11(8(5-15-16)12(17)18)6-19-7-2-3-9(13)10(14)4-7/h2-5H,6H2,1H3,(H,17,18). The molecule has 0 fully saturated rings. The molecule has 0 saturated carbocycles. The highest BCUT2D eigenvalue weighted by atomic mass is 32.2. The van der Waals surface area contributed by atoms with Crippen molar-refractivity contribution in [1.82, 2.24) is 9.78 Å². The minimum Gasteiger partial charge on any atom is -0.478 e. The Kier molecular flexibility index (Phi) is 3.84. The largest absolute Gasteiger partial charge is 0.478 e. The predicted molar refractivity (Wildman–Crippen MR) is 66.1 cm³/mol. The summed E-state index contributed by atoms with van der Waals surface area (Å²) in [5.41, 5.74) is 0.625. The van der Waals surface area contributed by atoms with E-state index in [1.807, 2.05) is 0 Å². The maximum atomic E-state index is 13.0. The van der Waals surface area contributed by atoms with Crippen LogP contribution < -0.4 is 0 Å². The first-order valence-corrected chi connectivity index (χ1v) is 6.29. The Morgan fingerprint density at radius 3 is 2.79 bits per heavy atom. The molecule has 1 N–H and O–H groups in total. The van der Waals surface area contributed by atoms with Gasteiger partial charge in [0.15, 0.2) is 11.6 Å². The van der Waals surface area contributed by atoms with Crippen LogP contribution in [-0.2, 0) is 12.8 Å². The van der Waals surface area contributed by atoms with Crippen molar-refractivity contribution < 1.29 is 18.7 Å². The molecule has 1 heterocycles. The summed E-state index contributed by atoms with van der Waals surface area (Å²) < 4.78 is 27.3. The first kappa shape index (κ1) is 13.5.